The first kappa shape index (κ1) is 21.3. The van der Waals surface area contributed by atoms with E-state index in [9.17, 15) is 14.4 Å². The van der Waals surface area contributed by atoms with E-state index >= 15 is 0 Å². The van der Waals surface area contributed by atoms with E-state index in [0.717, 1.165) is 5.56 Å². The molecule has 0 aromatic heterocycles. The standard InChI is InChI=1S/C18H27N3O5/c1-18(2,3)26-16(23)20-10-12-21(11-9-15(19)22)17(24)25-13-14-7-5-4-6-8-14/h4-8H,9-13H2,1-3H3,(H2,19,22)(H,20,23). The molecule has 0 fully saturated rings. The number of carbonyl (C=O) groups excluding carboxylic acids is 3. The van der Waals surface area contributed by atoms with Gasteiger partial charge in [0.1, 0.15) is 12.2 Å². The minimum absolute atomic E-state index is 0.00682. The maximum Gasteiger partial charge on any atom is 0.410 e. The van der Waals surface area contributed by atoms with Crippen LogP contribution in [0.1, 0.15) is 32.8 Å². The van der Waals surface area contributed by atoms with Crippen LogP contribution < -0.4 is 11.1 Å². The molecule has 0 saturated carbocycles. The van der Waals surface area contributed by atoms with Crippen molar-refractivity contribution in [2.75, 3.05) is 19.6 Å². The molecule has 8 nitrogen and oxygen atoms in total. The van der Waals surface area contributed by atoms with Crippen LogP contribution in [0.4, 0.5) is 9.59 Å². The Morgan fingerprint density at radius 2 is 1.77 bits per heavy atom. The van der Waals surface area contributed by atoms with E-state index in [-0.39, 0.29) is 32.7 Å². The molecule has 26 heavy (non-hydrogen) atoms. The molecule has 3 N–H and O–H groups in total. The Kier molecular flexibility index (Phi) is 8.41. The molecule has 1 rings (SSSR count). The second-order valence-corrected chi connectivity index (χ2v) is 6.67. The van der Waals surface area contributed by atoms with Crippen LogP contribution in [-0.2, 0) is 20.9 Å². The summed E-state index contributed by atoms with van der Waals surface area (Å²) in [5.74, 6) is -0.522. The molecule has 0 spiro atoms. The van der Waals surface area contributed by atoms with Gasteiger partial charge in [0.05, 0.1) is 0 Å². The Morgan fingerprint density at radius 1 is 1.12 bits per heavy atom. The first-order chi connectivity index (χ1) is 12.2. The van der Waals surface area contributed by atoms with Crippen molar-refractivity contribution >= 4 is 18.1 Å². The van der Waals surface area contributed by atoms with Crippen LogP contribution in [0.3, 0.4) is 0 Å². The number of nitrogens with one attached hydrogen (secondary N) is 1. The third kappa shape index (κ3) is 9.51. The molecule has 0 atom stereocenters. The van der Waals surface area contributed by atoms with Gasteiger partial charge in [0, 0.05) is 26.1 Å². The predicted molar refractivity (Wildman–Crippen MR) is 96.2 cm³/mol. The number of benzene rings is 1. The summed E-state index contributed by atoms with van der Waals surface area (Å²) >= 11 is 0. The summed E-state index contributed by atoms with van der Waals surface area (Å²) in [5, 5.41) is 2.56. The van der Waals surface area contributed by atoms with Gasteiger partial charge in [-0.25, -0.2) is 9.59 Å². The first-order valence-electron chi connectivity index (χ1n) is 8.38. The Morgan fingerprint density at radius 3 is 2.35 bits per heavy atom. The maximum atomic E-state index is 12.2. The summed E-state index contributed by atoms with van der Waals surface area (Å²) in [6, 6.07) is 9.24. The van der Waals surface area contributed by atoms with E-state index in [1.54, 1.807) is 20.8 Å². The van der Waals surface area contributed by atoms with Gasteiger partial charge >= 0.3 is 12.2 Å². The minimum Gasteiger partial charge on any atom is -0.445 e. The van der Waals surface area contributed by atoms with Crippen molar-refractivity contribution in [1.29, 1.82) is 0 Å². The monoisotopic (exact) mass is 365 g/mol. The molecule has 0 radical (unpaired) electrons. The third-order valence-corrected chi connectivity index (χ3v) is 3.14. The van der Waals surface area contributed by atoms with Crippen molar-refractivity contribution < 1.29 is 23.9 Å². The summed E-state index contributed by atoms with van der Waals surface area (Å²) in [6.45, 7) is 5.82. The van der Waals surface area contributed by atoms with Crippen molar-refractivity contribution in [3.8, 4) is 0 Å². The second kappa shape index (κ2) is 10.3. The van der Waals surface area contributed by atoms with Gasteiger partial charge in [0.15, 0.2) is 0 Å². The third-order valence-electron chi connectivity index (χ3n) is 3.14. The molecule has 144 valence electrons. The quantitative estimate of drug-likeness (QED) is 0.732. The number of rotatable bonds is 8. The van der Waals surface area contributed by atoms with Crippen LogP contribution in [0, 0.1) is 0 Å². The molecule has 0 aliphatic rings. The number of hydrogen-bond donors (Lipinski definition) is 2. The molecule has 0 saturated heterocycles. The molecular formula is C18H27N3O5. The lowest BCUT2D eigenvalue weighted by atomic mass is 10.2. The van der Waals surface area contributed by atoms with Crippen molar-refractivity contribution in [2.45, 2.75) is 39.4 Å². The number of ether oxygens (including phenoxy) is 2. The van der Waals surface area contributed by atoms with Crippen LogP contribution in [0.15, 0.2) is 30.3 Å². The van der Waals surface area contributed by atoms with Crippen LogP contribution in [0.5, 0.6) is 0 Å². The Bertz CT molecular complexity index is 599. The molecule has 0 heterocycles. The highest BCUT2D eigenvalue weighted by molar-refractivity contribution is 5.75. The molecule has 0 aliphatic heterocycles. The van der Waals surface area contributed by atoms with E-state index in [4.69, 9.17) is 15.2 Å². The van der Waals surface area contributed by atoms with E-state index in [1.807, 2.05) is 30.3 Å². The van der Waals surface area contributed by atoms with Gasteiger partial charge in [-0.15, -0.1) is 0 Å². The topological polar surface area (TPSA) is 111 Å². The summed E-state index contributed by atoms with van der Waals surface area (Å²) in [4.78, 5) is 36.2. The molecule has 0 unspecified atom stereocenters. The zero-order chi connectivity index (χ0) is 19.6. The van der Waals surface area contributed by atoms with E-state index in [2.05, 4.69) is 5.32 Å². The van der Waals surface area contributed by atoms with E-state index in [0.29, 0.717) is 0 Å². The van der Waals surface area contributed by atoms with Crippen LogP contribution in [0.25, 0.3) is 0 Å². The van der Waals surface area contributed by atoms with Gasteiger partial charge in [0.2, 0.25) is 5.91 Å². The van der Waals surface area contributed by atoms with Crippen molar-refractivity contribution in [2.24, 2.45) is 5.73 Å². The SMILES string of the molecule is CC(C)(C)OC(=O)NCCN(CCC(N)=O)C(=O)OCc1ccccc1. The summed E-state index contributed by atoms with van der Waals surface area (Å²) < 4.78 is 10.4. The summed E-state index contributed by atoms with van der Waals surface area (Å²) in [7, 11) is 0. The fourth-order valence-electron chi connectivity index (χ4n) is 1.96. The van der Waals surface area contributed by atoms with Crippen molar-refractivity contribution in [1.82, 2.24) is 10.2 Å². The van der Waals surface area contributed by atoms with E-state index < -0.39 is 23.7 Å². The Hall–Kier alpha value is -2.77. The zero-order valence-electron chi connectivity index (χ0n) is 15.5. The van der Waals surface area contributed by atoms with Crippen molar-refractivity contribution in [3.63, 3.8) is 0 Å². The normalized spacial score (nSPS) is 10.7. The van der Waals surface area contributed by atoms with Crippen LogP contribution in [-0.4, -0.2) is 48.2 Å². The number of primary amides is 1. The highest BCUT2D eigenvalue weighted by Crippen LogP contribution is 2.07. The van der Waals surface area contributed by atoms with Gasteiger partial charge in [-0.3, -0.25) is 4.79 Å². The molecule has 3 amide bonds. The van der Waals surface area contributed by atoms with Gasteiger partial charge in [-0.2, -0.15) is 0 Å². The lowest BCUT2D eigenvalue weighted by molar-refractivity contribution is -0.118. The number of nitrogens with zero attached hydrogens (tertiary/aromatic N) is 1. The highest BCUT2D eigenvalue weighted by Gasteiger charge is 2.18. The number of amides is 3. The second-order valence-electron chi connectivity index (χ2n) is 6.67. The molecule has 1 aromatic carbocycles. The van der Waals surface area contributed by atoms with Gasteiger partial charge < -0.3 is 25.4 Å². The van der Waals surface area contributed by atoms with Gasteiger partial charge in [-0.1, -0.05) is 30.3 Å². The van der Waals surface area contributed by atoms with Gasteiger partial charge in [-0.05, 0) is 26.3 Å². The number of hydrogen-bond acceptors (Lipinski definition) is 5. The molecular weight excluding hydrogens is 338 g/mol. The molecule has 1 aromatic rings. The lowest BCUT2D eigenvalue weighted by Gasteiger charge is -2.23. The number of alkyl carbamates (subject to hydrolysis) is 1. The number of carbonyl (C=O) groups is 3. The first-order valence-corrected chi connectivity index (χ1v) is 8.38. The smallest absolute Gasteiger partial charge is 0.410 e. The average molecular weight is 365 g/mol. The lowest BCUT2D eigenvalue weighted by Crippen LogP contribution is -2.41. The Labute approximate surface area is 153 Å². The predicted octanol–water partition coefficient (Wildman–Crippen LogP) is 2.03. The summed E-state index contributed by atoms with van der Waals surface area (Å²) in [6.07, 6.45) is -1.15. The van der Waals surface area contributed by atoms with Crippen LogP contribution >= 0.6 is 0 Å². The Balaban J connectivity index is 2.50. The largest absolute Gasteiger partial charge is 0.445 e. The minimum atomic E-state index is -0.607. The molecule has 0 bridgehead atoms. The fourth-order valence-corrected chi connectivity index (χ4v) is 1.96. The molecule has 8 heteroatoms. The van der Waals surface area contributed by atoms with Gasteiger partial charge in [0.25, 0.3) is 0 Å². The zero-order valence-corrected chi connectivity index (χ0v) is 15.5. The van der Waals surface area contributed by atoms with E-state index in [1.165, 1.54) is 4.90 Å². The fraction of sp³-hybridized carbons (Fsp3) is 0.500. The average Bonchev–Trinajstić information content (AvgIpc) is 2.54. The highest BCUT2D eigenvalue weighted by atomic mass is 16.6. The molecule has 0 aliphatic carbocycles. The number of nitrogens with two attached hydrogens (primary N) is 1. The maximum absolute atomic E-state index is 12.2. The van der Waals surface area contributed by atoms with Crippen molar-refractivity contribution in [3.05, 3.63) is 35.9 Å². The van der Waals surface area contributed by atoms with Crippen LogP contribution in [0.2, 0.25) is 0 Å². The summed E-state index contributed by atoms with van der Waals surface area (Å²) in [5.41, 5.74) is 5.39.